The van der Waals surface area contributed by atoms with Crippen molar-refractivity contribution in [3.8, 4) is 5.75 Å². The van der Waals surface area contributed by atoms with E-state index in [-0.39, 0.29) is 6.04 Å². The summed E-state index contributed by atoms with van der Waals surface area (Å²) in [5.74, 6) is 0.811. The van der Waals surface area contributed by atoms with Crippen molar-refractivity contribution >= 4 is 31.9 Å². The van der Waals surface area contributed by atoms with E-state index in [1.54, 1.807) is 7.11 Å². The van der Waals surface area contributed by atoms with Crippen molar-refractivity contribution < 1.29 is 4.74 Å². The molecular weight excluding hydrogens is 382 g/mol. The van der Waals surface area contributed by atoms with Crippen LogP contribution in [-0.2, 0) is 0 Å². The molecule has 0 fully saturated rings. The molecule has 4 heteroatoms. The smallest absolute Gasteiger partial charge is 0.124 e. The fraction of sp³-hybridized carbons (Fsp3) is 0.250. The molecule has 0 bridgehead atoms. The zero-order chi connectivity index (χ0) is 14.9. The molecule has 0 aliphatic carbocycles. The van der Waals surface area contributed by atoms with Crippen molar-refractivity contribution in [1.29, 1.82) is 0 Å². The van der Waals surface area contributed by atoms with Crippen molar-refractivity contribution in [2.75, 3.05) is 7.11 Å². The van der Waals surface area contributed by atoms with Gasteiger partial charge in [-0.05, 0) is 48.7 Å². The molecule has 0 aliphatic rings. The number of nitrogens with two attached hydrogens (primary N) is 1. The third-order valence-corrected chi connectivity index (χ3v) is 4.88. The third-order valence-electron chi connectivity index (χ3n) is 3.34. The minimum Gasteiger partial charge on any atom is -0.496 e. The first-order valence-electron chi connectivity index (χ1n) is 6.29. The molecule has 0 heterocycles. The van der Waals surface area contributed by atoms with Gasteiger partial charge in [0.15, 0.2) is 0 Å². The molecule has 2 rings (SSSR count). The molecule has 0 spiro atoms. The van der Waals surface area contributed by atoms with Crippen LogP contribution in [0.4, 0.5) is 0 Å². The monoisotopic (exact) mass is 397 g/mol. The van der Waals surface area contributed by atoms with Gasteiger partial charge < -0.3 is 10.5 Å². The summed E-state index contributed by atoms with van der Waals surface area (Å²) in [5, 5.41) is 0. The van der Waals surface area contributed by atoms with Gasteiger partial charge in [-0.1, -0.05) is 44.0 Å². The summed E-state index contributed by atoms with van der Waals surface area (Å²) in [6.45, 7) is 4.09. The van der Waals surface area contributed by atoms with Crippen molar-refractivity contribution in [1.82, 2.24) is 0 Å². The highest BCUT2D eigenvalue weighted by atomic mass is 79.9. The lowest BCUT2D eigenvalue weighted by Gasteiger charge is -2.19. The molecule has 1 atom stereocenters. The van der Waals surface area contributed by atoms with Gasteiger partial charge >= 0.3 is 0 Å². The van der Waals surface area contributed by atoms with E-state index in [1.807, 2.05) is 19.1 Å². The number of halogens is 2. The quantitative estimate of drug-likeness (QED) is 0.799. The van der Waals surface area contributed by atoms with Crippen molar-refractivity contribution in [2.24, 2.45) is 5.73 Å². The van der Waals surface area contributed by atoms with E-state index in [0.29, 0.717) is 0 Å². The van der Waals surface area contributed by atoms with Crippen LogP contribution in [-0.4, -0.2) is 7.11 Å². The predicted molar refractivity (Wildman–Crippen MR) is 90.3 cm³/mol. The fourth-order valence-electron chi connectivity index (χ4n) is 2.14. The van der Waals surface area contributed by atoms with E-state index in [1.165, 1.54) is 5.56 Å². The summed E-state index contributed by atoms with van der Waals surface area (Å²) in [6.07, 6.45) is 0. The highest BCUT2D eigenvalue weighted by molar-refractivity contribution is 9.10. The average molecular weight is 399 g/mol. The lowest BCUT2D eigenvalue weighted by molar-refractivity contribution is 0.407. The maximum atomic E-state index is 6.43. The van der Waals surface area contributed by atoms with Crippen LogP contribution in [0.2, 0.25) is 0 Å². The highest BCUT2D eigenvalue weighted by Gasteiger charge is 2.18. The van der Waals surface area contributed by atoms with Crippen LogP contribution in [0.25, 0.3) is 0 Å². The summed E-state index contributed by atoms with van der Waals surface area (Å²) >= 11 is 7.15. The number of hydrogen-bond acceptors (Lipinski definition) is 2. The highest BCUT2D eigenvalue weighted by Crippen LogP contribution is 2.35. The summed E-state index contributed by atoms with van der Waals surface area (Å²) in [7, 11) is 1.67. The minimum absolute atomic E-state index is 0.239. The molecule has 106 valence electrons. The van der Waals surface area contributed by atoms with Crippen molar-refractivity contribution in [3.63, 3.8) is 0 Å². The van der Waals surface area contributed by atoms with Gasteiger partial charge in [-0.3, -0.25) is 0 Å². The molecule has 0 aromatic heterocycles. The lowest BCUT2D eigenvalue weighted by atomic mass is 9.97. The van der Waals surface area contributed by atoms with Crippen LogP contribution in [0.3, 0.4) is 0 Å². The van der Waals surface area contributed by atoms with Gasteiger partial charge in [0.1, 0.15) is 5.75 Å². The zero-order valence-electron chi connectivity index (χ0n) is 11.7. The Morgan fingerprint density at radius 1 is 1.00 bits per heavy atom. The topological polar surface area (TPSA) is 35.2 Å². The van der Waals surface area contributed by atoms with Crippen LogP contribution < -0.4 is 10.5 Å². The zero-order valence-corrected chi connectivity index (χ0v) is 14.9. The second kappa shape index (κ2) is 6.29. The number of ether oxygens (including phenoxy) is 1. The first-order chi connectivity index (χ1) is 9.43. The largest absolute Gasteiger partial charge is 0.496 e. The van der Waals surface area contributed by atoms with E-state index in [4.69, 9.17) is 10.5 Å². The number of aryl methyl sites for hydroxylation is 2. The average Bonchev–Trinajstić information content (AvgIpc) is 2.40. The van der Waals surface area contributed by atoms with Crippen LogP contribution in [0.1, 0.15) is 28.3 Å². The van der Waals surface area contributed by atoms with E-state index in [2.05, 4.69) is 57.0 Å². The molecule has 2 nitrogen and oxygen atoms in total. The summed E-state index contributed by atoms with van der Waals surface area (Å²) in [6, 6.07) is 9.99. The maximum absolute atomic E-state index is 6.43. The second-order valence-corrected chi connectivity index (χ2v) is 6.55. The Morgan fingerprint density at radius 2 is 1.70 bits per heavy atom. The Kier molecular flexibility index (Phi) is 4.89. The van der Waals surface area contributed by atoms with Gasteiger partial charge in [-0.25, -0.2) is 0 Å². The SMILES string of the molecule is COc1cc(C)c(Br)cc1C(N)c1ccc(C)cc1Br. The molecule has 2 aromatic rings. The third kappa shape index (κ3) is 3.08. The number of rotatable bonds is 3. The Labute approximate surface area is 136 Å². The first kappa shape index (κ1) is 15.5. The standard InChI is InChI=1S/C16H17Br2NO/c1-9-4-5-11(14(18)6-9)16(19)12-8-13(17)10(2)7-15(12)20-3/h4-8,16H,19H2,1-3H3. The minimum atomic E-state index is -0.239. The fourth-order valence-corrected chi connectivity index (χ4v) is 3.24. The molecular formula is C16H17Br2NO. The van der Waals surface area contributed by atoms with Crippen LogP contribution in [0, 0.1) is 13.8 Å². The van der Waals surface area contributed by atoms with E-state index in [0.717, 1.165) is 31.4 Å². The normalized spacial score (nSPS) is 12.3. The molecule has 0 aliphatic heterocycles. The van der Waals surface area contributed by atoms with Gasteiger partial charge in [0.05, 0.1) is 13.2 Å². The van der Waals surface area contributed by atoms with E-state index in [9.17, 15) is 0 Å². The predicted octanol–water partition coefficient (Wildman–Crippen LogP) is 4.89. The van der Waals surface area contributed by atoms with Gasteiger partial charge in [-0.2, -0.15) is 0 Å². The second-order valence-electron chi connectivity index (χ2n) is 4.85. The van der Waals surface area contributed by atoms with Gasteiger partial charge in [0.2, 0.25) is 0 Å². The molecule has 0 amide bonds. The van der Waals surface area contributed by atoms with E-state index < -0.39 is 0 Å². The summed E-state index contributed by atoms with van der Waals surface area (Å²) < 4.78 is 7.52. The molecule has 1 unspecified atom stereocenters. The molecule has 2 aromatic carbocycles. The number of methoxy groups -OCH3 is 1. The molecule has 0 saturated heterocycles. The van der Waals surface area contributed by atoms with Crippen molar-refractivity contribution in [2.45, 2.75) is 19.9 Å². The maximum Gasteiger partial charge on any atom is 0.124 e. The molecule has 2 N–H and O–H groups in total. The Hall–Kier alpha value is -0.840. The van der Waals surface area contributed by atoms with Gasteiger partial charge in [0.25, 0.3) is 0 Å². The van der Waals surface area contributed by atoms with Gasteiger partial charge in [0, 0.05) is 14.5 Å². The van der Waals surface area contributed by atoms with Crippen LogP contribution in [0.5, 0.6) is 5.75 Å². The molecule has 0 saturated carbocycles. The van der Waals surface area contributed by atoms with Crippen LogP contribution in [0.15, 0.2) is 39.3 Å². The first-order valence-corrected chi connectivity index (χ1v) is 7.88. The van der Waals surface area contributed by atoms with Crippen LogP contribution >= 0.6 is 31.9 Å². The Balaban J connectivity index is 2.52. The summed E-state index contributed by atoms with van der Waals surface area (Å²) in [5.41, 5.74) is 10.8. The lowest BCUT2D eigenvalue weighted by Crippen LogP contribution is -2.14. The Bertz CT molecular complexity index is 641. The molecule has 20 heavy (non-hydrogen) atoms. The number of benzene rings is 2. The Morgan fingerprint density at radius 3 is 2.30 bits per heavy atom. The van der Waals surface area contributed by atoms with Crippen molar-refractivity contribution in [3.05, 3.63) is 61.5 Å². The summed E-state index contributed by atoms with van der Waals surface area (Å²) in [4.78, 5) is 0. The number of hydrogen-bond donors (Lipinski definition) is 1. The van der Waals surface area contributed by atoms with Gasteiger partial charge in [-0.15, -0.1) is 0 Å². The van der Waals surface area contributed by atoms with E-state index >= 15 is 0 Å². The molecule has 0 radical (unpaired) electrons.